The van der Waals surface area contributed by atoms with Gasteiger partial charge in [0.1, 0.15) is 0 Å². The lowest BCUT2D eigenvalue weighted by Gasteiger charge is -1.86. The standard InChI is InChI=1S/C7H12.C3H8.C2H6/c1-4-6-7(3)5-2;1-3-2;1-2/h4,6H,1,5H2,2-3H3;3H2,1-2H3;1-2H3/b7-6+;;. The summed E-state index contributed by atoms with van der Waals surface area (Å²) in [6.45, 7) is 16.1. The third-order valence-corrected chi connectivity index (χ3v) is 0.960. The molecule has 12 heavy (non-hydrogen) atoms. The molecule has 0 aliphatic heterocycles. The highest BCUT2D eigenvalue weighted by molar-refractivity contribution is 5.06. The van der Waals surface area contributed by atoms with E-state index in [-0.39, 0.29) is 0 Å². The first-order valence-corrected chi connectivity index (χ1v) is 5.01. The summed E-state index contributed by atoms with van der Waals surface area (Å²) in [6, 6.07) is 0. The van der Waals surface area contributed by atoms with Crippen molar-refractivity contribution in [2.45, 2.75) is 54.4 Å². The maximum atomic E-state index is 3.57. The minimum Gasteiger partial charge on any atom is -0.0991 e. The third-order valence-electron chi connectivity index (χ3n) is 0.960. The van der Waals surface area contributed by atoms with Gasteiger partial charge in [-0.15, -0.1) is 0 Å². The second-order valence-electron chi connectivity index (χ2n) is 2.31. The molecule has 0 fully saturated rings. The van der Waals surface area contributed by atoms with Gasteiger partial charge in [-0.05, 0) is 13.3 Å². The fraction of sp³-hybridized carbons (Fsp3) is 0.667. The van der Waals surface area contributed by atoms with Gasteiger partial charge >= 0.3 is 0 Å². The van der Waals surface area contributed by atoms with Crippen LogP contribution in [0.15, 0.2) is 24.3 Å². The van der Waals surface area contributed by atoms with E-state index in [1.807, 2.05) is 26.0 Å². The maximum absolute atomic E-state index is 3.57. The monoisotopic (exact) mass is 170 g/mol. The van der Waals surface area contributed by atoms with E-state index >= 15 is 0 Å². The zero-order chi connectivity index (χ0) is 10.4. The second-order valence-corrected chi connectivity index (χ2v) is 2.31. The summed E-state index contributed by atoms with van der Waals surface area (Å²) < 4.78 is 0. The van der Waals surface area contributed by atoms with Crippen LogP contribution in [0, 0.1) is 0 Å². The predicted molar refractivity (Wildman–Crippen MR) is 61.6 cm³/mol. The van der Waals surface area contributed by atoms with Crippen molar-refractivity contribution in [3.63, 3.8) is 0 Å². The molecule has 0 unspecified atom stereocenters. The van der Waals surface area contributed by atoms with E-state index in [0.717, 1.165) is 6.42 Å². The van der Waals surface area contributed by atoms with Crippen molar-refractivity contribution in [1.82, 2.24) is 0 Å². The van der Waals surface area contributed by atoms with Crippen LogP contribution < -0.4 is 0 Å². The Morgan fingerprint density at radius 2 is 1.50 bits per heavy atom. The Hall–Kier alpha value is -0.520. The Labute approximate surface area is 79.4 Å². The number of hydrogen-bond donors (Lipinski definition) is 0. The molecule has 0 saturated carbocycles. The van der Waals surface area contributed by atoms with Gasteiger partial charge in [0.05, 0.1) is 0 Å². The van der Waals surface area contributed by atoms with Gasteiger partial charge in [-0.25, -0.2) is 0 Å². The molecule has 0 saturated heterocycles. The van der Waals surface area contributed by atoms with E-state index in [1.54, 1.807) is 0 Å². The molecule has 0 rings (SSSR count). The average molecular weight is 170 g/mol. The first-order chi connectivity index (χ1) is 5.72. The van der Waals surface area contributed by atoms with E-state index in [1.165, 1.54) is 12.0 Å². The quantitative estimate of drug-likeness (QED) is 0.513. The lowest BCUT2D eigenvalue weighted by molar-refractivity contribution is 1.09. The van der Waals surface area contributed by atoms with E-state index in [4.69, 9.17) is 0 Å². The molecular formula is C12H26. The molecule has 0 bridgehead atoms. The largest absolute Gasteiger partial charge is 0.0991 e. The van der Waals surface area contributed by atoms with E-state index in [2.05, 4.69) is 34.3 Å². The molecule has 0 nitrogen and oxygen atoms in total. The van der Waals surface area contributed by atoms with Crippen molar-refractivity contribution in [1.29, 1.82) is 0 Å². The van der Waals surface area contributed by atoms with Crippen LogP contribution in [-0.4, -0.2) is 0 Å². The van der Waals surface area contributed by atoms with Crippen LogP contribution in [0.25, 0.3) is 0 Å². The van der Waals surface area contributed by atoms with Crippen LogP contribution in [0.5, 0.6) is 0 Å². The van der Waals surface area contributed by atoms with Crippen molar-refractivity contribution in [2.24, 2.45) is 0 Å². The SMILES string of the molecule is C=C/C=C(\C)CC.CC.CCC. The molecule has 0 spiro atoms. The van der Waals surface area contributed by atoms with Gasteiger partial charge in [0.15, 0.2) is 0 Å². The average Bonchev–Trinajstić information content (AvgIpc) is 2.10. The fourth-order valence-electron chi connectivity index (χ4n) is 0.319. The van der Waals surface area contributed by atoms with Gasteiger partial charge in [0, 0.05) is 0 Å². The van der Waals surface area contributed by atoms with Crippen molar-refractivity contribution in [3.8, 4) is 0 Å². The van der Waals surface area contributed by atoms with Gasteiger partial charge in [0.25, 0.3) is 0 Å². The Morgan fingerprint density at radius 1 is 1.17 bits per heavy atom. The minimum atomic E-state index is 1.13. The number of hydrogen-bond acceptors (Lipinski definition) is 0. The van der Waals surface area contributed by atoms with Crippen LogP contribution >= 0.6 is 0 Å². The molecule has 0 atom stereocenters. The van der Waals surface area contributed by atoms with E-state index in [9.17, 15) is 0 Å². The normalized spacial score (nSPS) is 8.67. The Bertz CT molecular complexity index is 88.2. The van der Waals surface area contributed by atoms with Crippen molar-refractivity contribution in [2.75, 3.05) is 0 Å². The van der Waals surface area contributed by atoms with Gasteiger partial charge in [-0.3, -0.25) is 0 Å². The van der Waals surface area contributed by atoms with E-state index in [0.29, 0.717) is 0 Å². The first kappa shape index (κ1) is 17.5. The van der Waals surface area contributed by atoms with Crippen molar-refractivity contribution < 1.29 is 0 Å². The van der Waals surface area contributed by atoms with Gasteiger partial charge in [0.2, 0.25) is 0 Å². The Morgan fingerprint density at radius 3 is 1.58 bits per heavy atom. The summed E-state index contributed by atoms with van der Waals surface area (Å²) >= 11 is 0. The number of allylic oxidation sites excluding steroid dienone is 3. The highest BCUT2D eigenvalue weighted by Gasteiger charge is 1.74. The molecule has 0 heterocycles. The Balaban J connectivity index is -0.000000137. The summed E-state index contributed by atoms with van der Waals surface area (Å²) in [4.78, 5) is 0. The third kappa shape index (κ3) is 34.0. The van der Waals surface area contributed by atoms with Crippen LogP contribution in [0.4, 0.5) is 0 Å². The predicted octanol–water partition coefficient (Wildman–Crippen LogP) is 4.97. The molecule has 0 aromatic rings. The van der Waals surface area contributed by atoms with Crippen LogP contribution in [0.1, 0.15) is 54.4 Å². The topological polar surface area (TPSA) is 0 Å². The van der Waals surface area contributed by atoms with Gasteiger partial charge < -0.3 is 0 Å². The zero-order valence-corrected chi connectivity index (χ0v) is 9.78. The van der Waals surface area contributed by atoms with Gasteiger partial charge in [-0.1, -0.05) is 65.3 Å². The summed E-state index contributed by atoms with van der Waals surface area (Å²) in [5.41, 5.74) is 1.38. The molecule has 0 aromatic carbocycles. The minimum absolute atomic E-state index is 1.13. The van der Waals surface area contributed by atoms with Crippen molar-refractivity contribution >= 4 is 0 Å². The summed E-state index contributed by atoms with van der Waals surface area (Å²) in [7, 11) is 0. The summed E-state index contributed by atoms with van der Waals surface area (Å²) in [5.74, 6) is 0. The maximum Gasteiger partial charge on any atom is -0.0349 e. The molecule has 74 valence electrons. The molecular weight excluding hydrogens is 144 g/mol. The van der Waals surface area contributed by atoms with E-state index < -0.39 is 0 Å². The lowest BCUT2D eigenvalue weighted by atomic mass is 10.2. The molecule has 0 aliphatic carbocycles. The molecule has 0 heteroatoms. The Kier molecular flexibility index (Phi) is 32.8. The molecule has 0 N–H and O–H groups in total. The summed E-state index contributed by atoms with van der Waals surface area (Å²) in [6.07, 6.45) is 6.23. The molecule has 0 radical (unpaired) electrons. The zero-order valence-electron chi connectivity index (χ0n) is 9.78. The smallest absolute Gasteiger partial charge is 0.0349 e. The first-order valence-electron chi connectivity index (χ1n) is 5.01. The summed E-state index contributed by atoms with van der Waals surface area (Å²) in [5, 5.41) is 0. The molecule has 0 aromatic heterocycles. The lowest BCUT2D eigenvalue weighted by Crippen LogP contribution is -1.65. The highest BCUT2D eigenvalue weighted by Crippen LogP contribution is 1.95. The second kappa shape index (κ2) is 22.4. The van der Waals surface area contributed by atoms with Crippen LogP contribution in [0.3, 0.4) is 0 Å². The molecule has 0 amide bonds. The number of rotatable bonds is 2. The van der Waals surface area contributed by atoms with Crippen molar-refractivity contribution in [3.05, 3.63) is 24.3 Å². The van der Waals surface area contributed by atoms with Crippen LogP contribution in [-0.2, 0) is 0 Å². The highest BCUT2D eigenvalue weighted by atomic mass is 13.8. The fourth-order valence-corrected chi connectivity index (χ4v) is 0.319. The van der Waals surface area contributed by atoms with Crippen LogP contribution in [0.2, 0.25) is 0 Å². The molecule has 0 aliphatic rings. The van der Waals surface area contributed by atoms with Gasteiger partial charge in [-0.2, -0.15) is 0 Å².